The lowest BCUT2D eigenvalue weighted by molar-refractivity contribution is 0.415. The zero-order valence-corrected chi connectivity index (χ0v) is 14.7. The van der Waals surface area contributed by atoms with Crippen molar-refractivity contribution in [3.05, 3.63) is 60.2 Å². The SMILES string of the molecule is COc1ccc(-c2cc3c(cc(C#N)c4cc(OC)ccc43)s2)cc1. The molecule has 122 valence electrons. The van der Waals surface area contributed by atoms with Crippen LogP contribution in [0.1, 0.15) is 5.56 Å². The van der Waals surface area contributed by atoms with Gasteiger partial charge in [0, 0.05) is 20.3 Å². The smallest absolute Gasteiger partial charge is 0.119 e. The summed E-state index contributed by atoms with van der Waals surface area (Å²) in [5.74, 6) is 1.60. The highest BCUT2D eigenvalue weighted by molar-refractivity contribution is 7.22. The molecule has 0 N–H and O–H groups in total. The van der Waals surface area contributed by atoms with E-state index in [0.717, 1.165) is 37.9 Å². The molecule has 0 fully saturated rings. The van der Waals surface area contributed by atoms with E-state index in [1.807, 2.05) is 36.4 Å². The van der Waals surface area contributed by atoms with Crippen molar-refractivity contribution in [1.82, 2.24) is 0 Å². The lowest BCUT2D eigenvalue weighted by atomic mass is 10.0. The Morgan fingerprint density at radius 1 is 0.800 bits per heavy atom. The first-order valence-electron chi connectivity index (χ1n) is 7.82. The van der Waals surface area contributed by atoms with Gasteiger partial charge in [-0.2, -0.15) is 5.26 Å². The second-order valence-corrected chi connectivity index (χ2v) is 6.78. The van der Waals surface area contributed by atoms with Crippen molar-refractivity contribution in [3.63, 3.8) is 0 Å². The molecule has 4 rings (SSSR count). The molecule has 0 saturated carbocycles. The van der Waals surface area contributed by atoms with Gasteiger partial charge >= 0.3 is 0 Å². The van der Waals surface area contributed by atoms with Crippen LogP contribution in [0.25, 0.3) is 31.3 Å². The zero-order valence-electron chi connectivity index (χ0n) is 13.9. The predicted octanol–water partition coefficient (Wildman–Crippen LogP) is 5.61. The van der Waals surface area contributed by atoms with Gasteiger partial charge in [0.2, 0.25) is 0 Å². The molecule has 0 atom stereocenters. The topological polar surface area (TPSA) is 42.2 Å². The Kier molecular flexibility index (Phi) is 3.79. The third kappa shape index (κ3) is 2.59. The summed E-state index contributed by atoms with van der Waals surface area (Å²) >= 11 is 1.69. The third-order valence-electron chi connectivity index (χ3n) is 4.34. The van der Waals surface area contributed by atoms with Crippen LogP contribution < -0.4 is 9.47 Å². The molecule has 0 aliphatic carbocycles. The molecule has 3 aromatic carbocycles. The number of rotatable bonds is 3. The Morgan fingerprint density at radius 2 is 1.52 bits per heavy atom. The van der Waals surface area contributed by atoms with Crippen molar-refractivity contribution in [2.45, 2.75) is 0 Å². The highest BCUT2D eigenvalue weighted by atomic mass is 32.1. The van der Waals surface area contributed by atoms with Gasteiger partial charge in [-0.05, 0) is 65.5 Å². The fraction of sp³-hybridized carbons (Fsp3) is 0.0952. The summed E-state index contributed by atoms with van der Waals surface area (Å²) < 4.78 is 11.7. The molecular weight excluding hydrogens is 330 g/mol. The standard InChI is InChI=1S/C21H15NO2S/c1-23-15-5-3-13(4-6-15)20-11-19-17-8-7-16(24-2)10-18(17)14(12-22)9-21(19)25-20/h3-11H,1-2H3. The molecule has 0 aliphatic heterocycles. The summed E-state index contributed by atoms with van der Waals surface area (Å²) in [6.07, 6.45) is 0. The first kappa shape index (κ1) is 15.5. The van der Waals surface area contributed by atoms with Gasteiger partial charge in [-0.15, -0.1) is 11.3 Å². The minimum absolute atomic E-state index is 0.671. The van der Waals surface area contributed by atoms with E-state index in [1.165, 1.54) is 4.88 Å². The van der Waals surface area contributed by atoms with Crippen LogP contribution in [0.3, 0.4) is 0 Å². The average Bonchev–Trinajstić information content (AvgIpc) is 3.11. The minimum atomic E-state index is 0.671. The predicted molar refractivity (Wildman–Crippen MR) is 103 cm³/mol. The molecule has 0 spiro atoms. The molecule has 0 saturated heterocycles. The van der Waals surface area contributed by atoms with Crippen molar-refractivity contribution >= 4 is 32.2 Å². The summed E-state index contributed by atoms with van der Waals surface area (Å²) in [6, 6.07) is 20.4. The number of methoxy groups -OCH3 is 2. The van der Waals surface area contributed by atoms with E-state index >= 15 is 0 Å². The van der Waals surface area contributed by atoms with Crippen LogP contribution in [0.4, 0.5) is 0 Å². The van der Waals surface area contributed by atoms with Gasteiger partial charge in [0.05, 0.1) is 25.9 Å². The molecule has 1 aromatic heterocycles. The fourth-order valence-corrected chi connectivity index (χ4v) is 4.15. The number of hydrogen-bond acceptors (Lipinski definition) is 4. The summed E-state index contributed by atoms with van der Waals surface area (Å²) in [5, 5.41) is 12.7. The van der Waals surface area contributed by atoms with Crippen LogP contribution in [0.2, 0.25) is 0 Å². The summed E-state index contributed by atoms with van der Waals surface area (Å²) in [5.41, 5.74) is 1.81. The van der Waals surface area contributed by atoms with Crippen molar-refractivity contribution in [2.75, 3.05) is 14.2 Å². The third-order valence-corrected chi connectivity index (χ3v) is 5.47. The Morgan fingerprint density at radius 3 is 2.20 bits per heavy atom. The monoisotopic (exact) mass is 345 g/mol. The minimum Gasteiger partial charge on any atom is -0.497 e. The number of ether oxygens (including phenoxy) is 2. The normalized spacial score (nSPS) is 10.8. The second-order valence-electron chi connectivity index (χ2n) is 5.70. The Hall–Kier alpha value is -3.03. The Bertz CT molecular complexity index is 1120. The molecule has 4 aromatic rings. The quantitative estimate of drug-likeness (QED) is 0.484. The maximum Gasteiger partial charge on any atom is 0.119 e. The molecule has 4 heteroatoms. The Labute approximate surface area is 149 Å². The zero-order chi connectivity index (χ0) is 17.4. The molecule has 25 heavy (non-hydrogen) atoms. The fourth-order valence-electron chi connectivity index (χ4n) is 3.03. The number of hydrogen-bond donors (Lipinski definition) is 0. The van der Waals surface area contributed by atoms with E-state index in [4.69, 9.17) is 9.47 Å². The van der Waals surface area contributed by atoms with E-state index in [1.54, 1.807) is 25.6 Å². The van der Waals surface area contributed by atoms with E-state index in [2.05, 4.69) is 24.3 Å². The molecule has 3 nitrogen and oxygen atoms in total. The van der Waals surface area contributed by atoms with E-state index in [0.29, 0.717) is 5.56 Å². The van der Waals surface area contributed by atoms with Crippen LogP contribution in [0.5, 0.6) is 11.5 Å². The van der Waals surface area contributed by atoms with E-state index < -0.39 is 0 Å². The van der Waals surface area contributed by atoms with Crippen molar-refractivity contribution in [2.24, 2.45) is 0 Å². The number of fused-ring (bicyclic) bond motifs is 3. The lowest BCUT2D eigenvalue weighted by Crippen LogP contribution is -1.85. The van der Waals surface area contributed by atoms with Gasteiger partial charge in [-0.25, -0.2) is 0 Å². The molecule has 0 amide bonds. The number of thiophene rings is 1. The molecular formula is C21H15NO2S. The maximum atomic E-state index is 9.54. The second kappa shape index (κ2) is 6.12. The van der Waals surface area contributed by atoms with Crippen LogP contribution >= 0.6 is 11.3 Å². The summed E-state index contributed by atoms with van der Waals surface area (Å²) in [7, 11) is 3.30. The average molecular weight is 345 g/mol. The van der Waals surface area contributed by atoms with Crippen molar-refractivity contribution < 1.29 is 9.47 Å². The Balaban J connectivity index is 1.95. The van der Waals surface area contributed by atoms with Crippen molar-refractivity contribution in [1.29, 1.82) is 5.26 Å². The molecule has 0 bridgehead atoms. The number of nitrogens with zero attached hydrogens (tertiary/aromatic N) is 1. The largest absolute Gasteiger partial charge is 0.497 e. The van der Waals surface area contributed by atoms with E-state index in [9.17, 15) is 5.26 Å². The van der Waals surface area contributed by atoms with Gasteiger partial charge in [0.1, 0.15) is 11.5 Å². The molecule has 0 unspecified atom stereocenters. The highest BCUT2D eigenvalue weighted by Gasteiger charge is 2.12. The lowest BCUT2D eigenvalue weighted by Gasteiger charge is -2.05. The van der Waals surface area contributed by atoms with Gasteiger partial charge in [0.15, 0.2) is 0 Å². The molecule has 0 aliphatic rings. The summed E-state index contributed by atoms with van der Waals surface area (Å²) in [4.78, 5) is 1.17. The van der Waals surface area contributed by atoms with Crippen molar-refractivity contribution in [3.8, 4) is 28.0 Å². The highest BCUT2D eigenvalue weighted by Crippen LogP contribution is 2.39. The number of nitriles is 1. The molecule has 1 heterocycles. The van der Waals surface area contributed by atoms with Gasteiger partial charge < -0.3 is 9.47 Å². The summed E-state index contributed by atoms with van der Waals surface area (Å²) in [6.45, 7) is 0. The van der Waals surface area contributed by atoms with Crippen LogP contribution in [0.15, 0.2) is 54.6 Å². The van der Waals surface area contributed by atoms with E-state index in [-0.39, 0.29) is 0 Å². The van der Waals surface area contributed by atoms with Gasteiger partial charge in [0.25, 0.3) is 0 Å². The van der Waals surface area contributed by atoms with Crippen LogP contribution in [0, 0.1) is 11.3 Å². The van der Waals surface area contributed by atoms with Crippen LogP contribution in [-0.4, -0.2) is 14.2 Å². The molecule has 0 radical (unpaired) electrons. The first-order chi connectivity index (χ1) is 12.2. The maximum absolute atomic E-state index is 9.54. The first-order valence-corrected chi connectivity index (χ1v) is 8.64. The van der Waals surface area contributed by atoms with Crippen LogP contribution in [-0.2, 0) is 0 Å². The van der Waals surface area contributed by atoms with Gasteiger partial charge in [-0.1, -0.05) is 0 Å². The van der Waals surface area contributed by atoms with Gasteiger partial charge in [-0.3, -0.25) is 0 Å². The number of benzene rings is 3.